The molecule has 1 rings (SSSR count). The number of hydrogen-bond acceptors (Lipinski definition) is 2. The average molecular weight is 305 g/mol. The van der Waals surface area contributed by atoms with E-state index in [4.69, 9.17) is 0 Å². The van der Waals surface area contributed by atoms with E-state index in [9.17, 15) is 9.90 Å². The molecule has 0 radical (unpaired) electrons. The lowest BCUT2D eigenvalue weighted by Crippen LogP contribution is -2.48. The lowest BCUT2D eigenvalue weighted by Gasteiger charge is -2.41. The van der Waals surface area contributed by atoms with Gasteiger partial charge in [-0.3, -0.25) is 4.79 Å². The summed E-state index contributed by atoms with van der Waals surface area (Å²) >= 11 is 0. The van der Waals surface area contributed by atoms with Crippen LogP contribution in [-0.4, -0.2) is 35.1 Å². The highest BCUT2D eigenvalue weighted by Gasteiger charge is 2.36. The van der Waals surface area contributed by atoms with Crippen LogP contribution in [0.5, 0.6) is 0 Å². The first-order chi connectivity index (χ1) is 9.94. The molecule has 1 aromatic rings. The summed E-state index contributed by atoms with van der Waals surface area (Å²) in [6, 6.07) is 9.28. The summed E-state index contributed by atoms with van der Waals surface area (Å²) in [6.45, 7) is 12.4. The second kappa shape index (κ2) is 6.82. The van der Waals surface area contributed by atoms with Gasteiger partial charge in [0.25, 0.3) is 5.91 Å². The molecule has 0 spiro atoms. The molecule has 0 unspecified atom stereocenters. The third-order valence-electron chi connectivity index (χ3n) is 4.25. The Bertz CT molecular complexity index is 482. The highest BCUT2D eigenvalue weighted by Crippen LogP contribution is 2.32. The molecule has 1 amide bonds. The molecule has 0 aliphatic carbocycles. The second-order valence-electron chi connectivity index (χ2n) is 8.28. The van der Waals surface area contributed by atoms with Gasteiger partial charge in [0.2, 0.25) is 0 Å². The summed E-state index contributed by atoms with van der Waals surface area (Å²) in [4.78, 5) is 14.5. The van der Waals surface area contributed by atoms with Crippen molar-refractivity contribution in [1.82, 2.24) is 4.90 Å². The molecule has 0 aliphatic heterocycles. The largest absolute Gasteiger partial charge is 0.393 e. The summed E-state index contributed by atoms with van der Waals surface area (Å²) in [7, 11) is 1.83. The van der Waals surface area contributed by atoms with Gasteiger partial charge in [-0.15, -0.1) is 0 Å². The lowest BCUT2D eigenvalue weighted by molar-refractivity contribution is 0.00622. The second-order valence-corrected chi connectivity index (χ2v) is 8.28. The lowest BCUT2D eigenvalue weighted by atomic mass is 9.77. The number of rotatable bonds is 4. The average Bonchev–Trinajstić information content (AvgIpc) is 2.41. The fourth-order valence-electron chi connectivity index (χ4n) is 2.58. The van der Waals surface area contributed by atoms with Gasteiger partial charge >= 0.3 is 0 Å². The molecule has 0 saturated carbocycles. The molecule has 0 heterocycles. The van der Waals surface area contributed by atoms with Crippen LogP contribution in [0.15, 0.2) is 30.3 Å². The van der Waals surface area contributed by atoms with E-state index in [0.717, 1.165) is 0 Å². The molecule has 2 atom stereocenters. The van der Waals surface area contributed by atoms with Gasteiger partial charge in [-0.1, -0.05) is 59.7 Å². The Labute approximate surface area is 135 Å². The maximum atomic E-state index is 12.7. The van der Waals surface area contributed by atoms with Crippen LogP contribution < -0.4 is 0 Å². The Morgan fingerprint density at radius 3 is 1.95 bits per heavy atom. The van der Waals surface area contributed by atoms with E-state index in [2.05, 4.69) is 20.8 Å². The molecule has 1 N–H and O–H groups in total. The van der Waals surface area contributed by atoms with E-state index in [1.165, 1.54) is 0 Å². The van der Waals surface area contributed by atoms with Crippen molar-refractivity contribution in [2.75, 3.05) is 7.05 Å². The number of aliphatic hydroxyl groups is 1. The zero-order valence-electron chi connectivity index (χ0n) is 15.1. The number of aliphatic hydroxyl groups excluding tert-OH is 1. The molecule has 1 aromatic carbocycles. The Kier molecular flexibility index (Phi) is 5.80. The minimum absolute atomic E-state index is 0.00151. The Hall–Kier alpha value is -1.35. The number of hydrogen-bond donors (Lipinski definition) is 1. The van der Waals surface area contributed by atoms with Crippen molar-refractivity contribution in [2.24, 2.45) is 10.8 Å². The van der Waals surface area contributed by atoms with E-state index >= 15 is 0 Å². The standard InChI is InChI=1S/C19H31NO2/c1-18(2,3)15(13-16(21)19(4,5)6)20(7)17(22)14-11-9-8-10-12-14/h8-12,15-16,21H,13H2,1-7H3/t15-,16+/m0/s1. The van der Waals surface area contributed by atoms with Crippen molar-refractivity contribution in [3.8, 4) is 0 Å². The number of carbonyl (C=O) groups is 1. The van der Waals surface area contributed by atoms with Crippen LogP contribution in [0.3, 0.4) is 0 Å². The summed E-state index contributed by atoms with van der Waals surface area (Å²) in [6.07, 6.45) is 0.116. The van der Waals surface area contributed by atoms with Gasteiger partial charge in [0.15, 0.2) is 0 Å². The van der Waals surface area contributed by atoms with Gasteiger partial charge in [0.1, 0.15) is 0 Å². The number of amides is 1. The van der Waals surface area contributed by atoms with E-state index in [1.807, 2.05) is 58.2 Å². The quantitative estimate of drug-likeness (QED) is 0.914. The predicted octanol–water partition coefficient (Wildman–Crippen LogP) is 3.97. The van der Waals surface area contributed by atoms with Gasteiger partial charge in [0.05, 0.1) is 6.10 Å². The Morgan fingerprint density at radius 1 is 1.05 bits per heavy atom. The summed E-state index contributed by atoms with van der Waals surface area (Å²) in [5.74, 6) is 0.00151. The summed E-state index contributed by atoms with van der Waals surface area (Å²) in [5, 5.41) is 10.5. The van der Waals surface area contributed by atoms with Crippen LogP contribution in [0.25, 0.3) is 0 Å². The number of nitrogens with zero attached hydrogens (tertiary/aromatic N) is 1. The highest BCUT2D eigenvalue weighted by atomic mass is 16.3. The molecule has 3 heteroatoms. The van der Waals surface area contributed by atoms with E-state index < -0.39 is 6.10 Å². The minimum Gasteiger partial charge on any atom is -0.393 e. The van der Waals surface area contributed by atoms with Crippen molar-refractivity contribution >= 4 is 5.91 Å². The van der Waals surface area contributed by atoms with Gasteiger partial charge in [-0.25, -0.2) is 0 Å². The molecule has 0 aromatic heterocycles. The van der Waals surface area contributed by atoms with Gasteiger partial charge in [0, 0.05) is 18.7 Å². The predicted molar refractivity (Wildman–Crippen MR) is 91.9 cm³/mol. The van der Waals surface area contributed by atoms with E-state index in [-0.39, 0.29) is 22.8 Å². The third-order valence-corrected chi connectivity index (χ3v) is 4.25. The van der Waals surface area contributed by atoms with E-state index in [0.29, 0.717) is 12.0 Å². The molecule has 124 valence electrons. The van der Waals surface area contributed by atoms with Crippen LogP contribution in [0.4, 0.5) is 0 Å². The van der Waals surface area contributed by atoms with Crippen LogP contribution in [0, 0.1) is 10.8 Å². The molecule has 0 aliphatic rings. The third kappa shape index (κ3) is 4.84. The van der Waals surface area contributed by atoms with Crippen molar-refractivity contribution in [1.29, 1.82) is 0 Å². The van der Waals surface area contributed by atoms with Gasteiger partial charge in [-0.2, -0.15) is 0 Å². The van der Waals surface area contributed by atoms with Gasteiger partial charge < -0.3 is 10.0 Å². The maximum Gasteiger partial charge on any atom is 0.253 e. The minimum atomic E-state index is -0.456. The smallest absolute Gasteiger partial charge is 0.253 e. The zero-order chi connectivity index (χ0) is 17.1. The molecule has 3 nitrogen and oxygen atoms in total. The molecule has 0 bridgehead atoms. The fraction of sp³-hybridized carbons (Fsp3) is 0.632. The molecule has 22 heavy (non-hydrogen) atoms. The normalized spacial score (nSPS) is 15.3. The number of benzene rings is 1. The Balaban J connectivity index is 3.00. The summed E-state index contributed by atoms with van der Waals surface area (Å²) in [5.41, 5.74) is 0.385. The van der Waals surface area contributed by atoms with Gasteiger partial charge in [-0.05, 0) is 29.4 Å². The maximum absolute atomic E-state index is 12.7. The van der Waals surface area contributed by atoms with Crippen LogP contribution >= 0.6 is 0 Å². The van der Waals surface area contributed by atoms with Crippen molar-refractivity contribution in [2.45, 2.75) is 60.1 Å². The van der Waals surface area contributed by atoms with Crippen LogP contribution in [0.1, 0.15) is 58.3 Å². The molecular weight excluding hydrogens is 274 g/mol. The zero-order valence-corrected chi connectivity index (χ0v) is 15.1. The van der Waals surface area contributed by atoms with Crippen LogP contribution in [0.2, 0.25) is 0 Å². The molecular formula is C19H31NO2. The Morgan fingerprint density at radius 2 is 1.55 bits per heavy atom. The van der Waals surface area contributed by atoms with Crippen LogP contribution in [-0.2, 0) is 0 Å². The molecule has 0 saturated heterocycles. The number of carbonyl (C=O) groups excluding carboxylic acids is 1. The first-order valence-corrected chi connectivity index (χ1v) is 7.95. The monoisotopic (exact) mass is 305 g/mol. The van der Waals surface area contributed by atoms with Crippen molar-refractivity contribution < 1.29 is 9.90 Å². The topological polar surface area (TPSA) is 40.5 Å². The summed E-state index contributed by atoms with van der Waals surface area (Å²) < 4.78 is 0. The fourth-order valence-corrected chi connectivity index (χ4v) is 2.58. The van der Waals surface area contributed by atoms with Crippen molar-refractivity contribution in [3.05, 3.63) is 35.9 Å². The van der Waals surface area contributed by atoms with Crippen molar-refractivity contribution in [3.63, 3.8) is 0 Å². The highest BCUT2D eigenvalue weighted by molar-refractivity contribution is 5.94. The molecule has 0 fully saturated rings. The SMILES string of the molecule is CN(C(=O)c1ccccc1)[C@@H](C[C@@H](O)C(C)(C)C)C(C)(C)C. The first-order valence-electron chi connectivity index (χ1n) is 7.95. The van der Waals surface area contributed by atoms with E-state index in [1.54, 1.807) is 4.90 Å². The first kappa shape index (κ1) is 18.7.